The maximum Gasteiger partial charge on any atom is 0.329 e. The van der Waals surface area contributed by atoms with E-state index in [0.717, 1.165) is 36.5 Å². The molecule has 3 rings (SSSR count). The van der Waals surface area contributed by atoms with Gasteiger partial charge in [0.25, 0.3) is 0 Å². The summed E-state index contributed by atoms with van der Waals surface area (Å²) in [6.07, 6.45) is 5.39. The van der Waals surface area contributed by atoms with Crippen LogP contribution in [0.3, 0.4) is 0 Å². The smallest absolute Gasteiger partial charge is 0.329 e. The van der Waals surface area contributed by atoms with Crippen molar-refractivity contribution in [1.82, 2.24) is 10.3 Å². The number of hydrazone groups is 1. The number of nitrogens with one attached hydrogen (secondary N) is 1. The molecule has 1 saturated heterocycles. The highest BCUT2D eigenvalue weighted by Crippen LogP contribution is 2.25. The minimum Gasteiger partial charge on any atom is -0.507 e. The van der Waals surface area contributed by atoms with E-state index in [1.807, 2.05) is 30.3 Å². The highest BCUT2D eigenvalue weighted by molar-refractivity contribution is 6.35. The van der Waals surface area contributed by atoms with Crippen molar-refractivity contribution in [3.05, 3.63) is 42.0 Å². The molecule has 1 aliphatic rings. The van der Waals surface area contributed by atoms with Gasteiger partial charge in [0.05, 0.1) is 6.21 Å². The molecule has 0 bridgehead atoms. The third-order valence-corrected chi connectivity index (χ3v) is 4.39. The standard InChI is InChI=1S/C19H21N3O3/c23-17-10-9-14-7-3-4-8-15(14)16(17)13-20-21-18(24)19(25)22-11-5-1-2-6-12-22/h3-4,7-10,13,23H,1-2,5-6,11-12H2,(H,21,24)/b20-13-. The number of likely N-dealkylation sites (tertiary alicyclic amines) is 1. The molecule has 0 aliphatic carbocycles. The fourth-order valence-electron chi connectivity index (χ4n) is 3.04. The summed E-state index contributed by atoms with van der Waals surface area (Å²) in [5.74, 6) is -1.24. The zero-order valence-corrected chi connectivity index (χ0v) is 13.9. The molecule has 1 fully saturated rings. The van der Waals surface area contributed by atoms with E-state index in [-0.39, 0.29) is 5.75 Å². The lowest BCUT2D eigenvalue weighted by atomic mass is 10.0. The van der Waals surface area contributed by atoms with Crippen LogP contribution in [-0.2, 0) is 9.59 Å². The van der Waals surface area contributed by atoms with Crippen LogP contribution < -0.4 is 5.43 Å². The van der Waals surface area contributed by atoms with Gasteiger partial charge in [0, 0.05) is 18.7 Å². The third-order valence-electron chi connectivity index (χ3n) is 4.39. The number of rotatable bonds is 2. The van der Waals surface area contributed by atoms with Gasteiger partial charge in [-0.25, -0.2) is 5.43 Å². The summed E-state index contributed by atoms with van der Waals surface area (Å²) in [6, 6.07) is 10.9. The van der Waals surface area contributed by atoms with Crippen molar-refractivity contribution in [2.24, 2.45) is 5.10 Å². The van der Waals surface area contributed by atoms with Crippen LogP contribution in [0.5, 0.6) is 5.75 Å². The first-order valence-corrected chi connectivity index (χ1v) is 8.50. The Balaban J connectivity index is 1.70. The molecule has 25 heavy (non-hydrogen) atoms. The summed E-state index contributed by atoms with van der Waals surface area (Å²) in [6.45, 7) is 1.22. The lowest BCUT2D eigenvalue weighted by molar-refractivity contribution is -0.145. The molecule has 6 heteroatoms. The van der Waals surface area contributed by atoms with Gasteiger partial charge in [-0.2, -0.15) is 5.10 Å². The van der Waals surface area contributed by atoms with Crippen LogP contribution in [0, 0.1) is 0 Å². The minimum absolute atomic E-state index is 0.0653. The number of carbonyl (C=O) groups excluding carboxylic acids is 2. The van der Waals surface area contributed by atoms with Crippen molar-refractivity contribution >= 4 is 28.8 Å². The van der Waals surface area contributed by atoms with E-state index < -0.39 is 11.8 Å². The van der Waals surface area contributed by atoms with Crippen LogP contribution in [0.4, 0.5) is 0 Å². The number of carbonyl (C=O) groups is 2. The fourth-order valence-corrected chi connectivity index (χ4v) is 3.04. The molecule has 2 aromatic rings. The van der Waals surface area contributed by atoms with Gasteiger partial charge in [-0.1, -0.05) is 43.2 Å². The maximum absolute atomic E-state index is 12.2. The molecular formula is C19H21N3O3. The van der Waals surface area contributed by atoms with E-state index >= 15 is 0 Å². The van der Waals surface area contributed by atoms with E-state index in [4.69, 9.17) is 0 Å². The number of fused-ring (bicyclic) bond motifs is 1. The van der Waals surface area contributed by atoms with E-state index in [1.54, 1.807) is 11.0 Å². The number of benzene rings is 2. The summed E-state index contributed by atoms with van der Waals surface area (Å²) < 4.78 is 0. The average Bonchev–Trinajstić information content (AvgIpc) is 2.92. The maximum atomic E-state index is 12.2. The molecule has 0 aromatic heterocycles. The number of hydrogen-bond acceptors (Lipinski definition) is 4. The van der Waals surface area contributed by atoms with Crippen LogP contribution in [0.2, 0.25) is 0 Å². The summed E-state index contributed by atoms with van der Waals surface area (Å²) in [5.41, 5.74) is 2.77. The molecule has 130 valence electrons. The molecule has 0 unspecified atom stereocenters. The number of hydrogen-bond donors (Lipinski definition) is 2. The number of amides is 2. The van der Waals surface area contributed by atoms with Crippen molar-refractivity contribution in [2.45, 2.75) is 25.7 Å². The first-order valence-electron chi connectivity index (χ1n) is 8.50. The second kappa shape index (κ2) is 7.79. The molecule has 1 aliphatic heterocycles. The van der Waals surface area contributed by atoms with Gasteiger partial charge in [0.1, 0.15) is 5.75 Å². The van der Waals surface area contributed by atoms with Crippen molar-refractivity contribution in [3.8, 4) is 5.75 Å². The average molecular weight is 339 g/mol. The monoisotopic (exact) mass is 339 g/mol. The minimum atomic E-state index is -0.752. The summed E-state index contributed by atoms with van der Waals surface area (Å²) in [4.78, 5) is 25.8. The van der Waals surface area contributed by atoms with Gasteiger partial charge in [0.15, 0.2) is 0 Å². The van der Waals surface area contributed by atoms with Crippen LogP contribution in [-0.4, -0.2) is 41.1 Å². The molecule has 2 N–H and O–H groups in total. The molecule has 2 amide bonds. The fraction of sp³-hybridized carbons (Fsp3) is 0.316. The van der Waals surface area contributed by atoms with Crippen molar-refractivity contribution in [2.75, 3.05) is 13.1 Å². The molecule has 0 atom stereocenters. The van der Waals surface area contributed by atoms with E-state index in [9.17, 15) is 14.7 Å². The van der Waals surface area contributed by atoms with Crippen molar-refractivity contribution in [1.29, 1.82) is 0 Å². The first-order chi connectivity index (χ1) is 12.2. The predicted octanol–water partition coefficient (Wildman–Crippen LogP) is 2.40. The van der Waals surface area contributed by atoms with E-state index in [2.05, 4.69) is 10.5 Å². The zero-order valence-electron chi connectivity index (χ0n) is 13.9. The largest absolute Gasteiger partial charge is 0.507 e. The topological polar surface area (TPSA) is 82.0 Å². The first kappa shape index (κ1) is 17.0. The Kier molecular flexibility index (Phi) is 5.28. The lowest BCUT2D eigenvalue weighted by Crippen LogP contribution is -2.41. The van der Waals surface area contributed by atoms with Gasteiger partial charge in [-0.05, 0) is 29.7 Å². The molecule has 6 nitrogen and oxygen atoms in total. The molecular weight excluding hydrogens is 318 g/mol. The Morgan fingerprint density at radius 2 is 1.76 bits per heavy atom. The Bertz CT molecular complexity index is 809. The number of aromatic hydroxyl groups is 1. The van der Waals surface area contributed by atoms with E-state index in [1.165, 1.54) is 6.21 Å². The SMILES string of the molecule is O=C(N/N=C\c1c(O)ccc2ccccc12)C(=O)N1CCCCCC1. The zero-order chi connectivity index (χ0) is 17.6. The quantitative estimate of drug-likeness (QED) is 0.501. The second-order valence-electron chi connectivity index (χ2n) is 6.13. The highest BCUT2D eigenvalue weighted by Gasteiger charge is 2.22. The summed E-state index contributed by atoms with van der Waals surface area (Å²) >= 11 is 0. The molecule has 0 spiro atoms. The highest BCUT2D eigenvalue weighted by atomic mass is 16.3. The Labute approximate surface area is 146 Å². The Morgan fingerprint density at radius 1 is 1.04 bits per heavy atom. The van der Waals surface area contributed by atoms with Gasteiger partial charge in [-0.3, -0.25) is 9.59 Å². The van der Waals surface area contributed by atoms with Crippen LogP contribution >= 0.6 is 0 Å². The van der Waals surface area contributed by atoms with Crippen molar-refractivity contribution < 1.29 is 14.7 Å². The number of nitrogens with zero attached hydrogens (tertiary/aromatic N) is 2. The number of phenolic OH excluding ortho intramolecular Hbond substituents is 1. The molecule has 2 aromatic carbocycles. The van der Waals surface area contributed by atoms with Crippen molar-refractivity contribution in [3.63, 3.8) is 0 Å². The normalized spacial score (nSPS) is 15.3. The second-order valence-corrected chi connectivity index (χ2v) is 6.13. The predicted molar refractivity (Wildman–Crippen MR) is 96.4 cm³/mol. The van der Waals surface area contributed by atoms with Gasteiger partial charge < -0.3 is 10.0 Å². The van der Waals surface area contributed by atoms with Crippen LogP contribution in [0.25, 0.3) is 10.8 Å². The molecule has 0 saturated carbocycles. The summed E-state index contributed by atoms with van der Waals surface area (Å²) in [7, 11) is 0. The van der Waals surface area contributed by atoms with Gasteiger partial charge in [-0.15, -0.1) is 0 Å². The van der Waals surface area contributed by atoms with E-state index in [0.29, 0.717) is 18.7 Å². The molecule has 1 heterocycles. The third kappa shape index (κ3) is 3.96. The van der Waals surface area contributed by atoms with Crippen LogP contribution in [0.15, 0.2) is 41.5 Å². The summed E-state index contributed by atoms with van der Waals surface area (Å²) in [5, 5.41) is 15.7. The number of phenols is 1. The Morgan fingerprint density at radius 3 is 2.52 bits per heavy atom. The Hall–Kier alpha value is -2.89. The van der Waals surface area contributed by atoms with Crippen LogP contribution in [0.1, 0.15) is 31.2 Å². The lowest BCUT2D eigenvalue weighted by Gasteiger charge is -2.18. The van der Waals surface area contributed by atoms with Gasteiger partial charge in [0.2, 0.25) is 0 Å². The molecule has 0 radical (unpaired) electrons. The van der Waals surface area contributed by atoms with Gasteiger partial charge >= 0.3 is 11.8 Å².